The molecule has 1 aliphatic rings. The summed E-state index contributed by atoms with van der Waals surface area (Å²) in [6.45, 7) is 4.30. The molecule has 2 rings (SSSR count). The molecule has 1 N–H and O–H groups in total. The fourth-order valence-corrected chi connectivity index (χ4v) is 2.61. The fourth-order valence-electron chi connectivity index (χ4n) is 2.61. The molecule has 1 aromatic carbocycles. The van der Waals surface area contributed by atoms with Crippen molar-refractivity contribution >= 4 is 11.6 Å². The minimum atomic E-state index is -0.334. The first-order valence-corrected chi connectivity index (χ1v) is 6.98. The van der Waals surface area contributed by atoms with Crippen LogP contribution in [-0.2, 0) is 4.79 Å². The topological polar surface area (TPSA) is 32.3 Å². The first-order valence-electron chi connectivity index (χ1n) is 6.98. The lowest BCUT2D eigenvalue weighted by molar-refractivity contribution is -0.119. The van der Waals surface area contributed by atoms with Gasteiger partial charge in [0.1, 0.15) is 5.82 Å². The Morgan fingerprint density at radius 1 is 1.47 bits per heavy atom. The van der Waals surface area contributed by atoms with E-state index in [0.717, 1.165) is 25.9 Å². The van der Waals surface area contributed by atoms with E-state index in [9.17, 15) is 9.18 Å². The molecule has 0 aliphatic carbocycles. The van der Waals surface area contributed by atoms with Crippen LogP contribution < -0.4 is 10.2 Å². The van der Waals surface area contributed by atoms with Crippen molar-refractivity contribution in [2.45, 2.75) is 26.2 Å². The van der Waals surface area contributed by atoms with Gasteiger partial charge in [0, 0.05) is 13.0 Å². The molecule has 0 bridgehead atoms. The number of piperidine rings is 1. The average Bonchev–Trinajstić information content (AvgIpc) is 2.43. The van der Waals surface area contributed by atoms with Crippen molar-refractivity contribution in [1.82, 2.24) is 5.32 Å². The Balaban J connectivity index is 2.04. The molecule has 0 saturated carbocycles. The van der Waals surface area contributed by atoms with Gasteiger partial charge in [-0.3, -0.25) is 4.79 Å². The van der Waals surface area contributed by atoms with Crippen LogP contribution in [0.25, 0.3) is 0 Å². The van der Waals surface area contributed by atoms with Crippen molar-refractivity contribution in [2.75, 3.05) is 24.5 Å². The summed E-state index contributed by atoms with van der Waals surface area (Å²) in [5, 5.41) is 3.30. The number of para-hydroxylation sites is 1. The first-order chi connectivity index (χ1) is 9.22. The summed E-state index contributed by atoms with van der Waals surface area (Å²) in [6.07, 6.45) is 2.69. The molecule has 0 aromatic heterocycles. The number of nitrogens with one attached hydrogen (secondary N) is 1. The van der Waals surface area contributed by atoms with Crippen LogP contribution >= 0.6 is 0 Å². The van der Waals surface area contributed by atoms with Crippen molar-refractivity contribution in [1.29, 1.82) is 0 Å². The summed E-state index contributed by atoms with van der Waals surface area (Å²) in [5.41, 5.74) is 0.388. The number of carbonyl (C=O) groups excluding carboxylic acids is 1. The molecule has 1 aliphatic heterocycles. The van der Waals surface area contributed by atoms with Crippen LogP contribution in [0.3, 0.4) is 0 Å². The van der Waals surface area contributed by atoms with E-state index in [1.807, 2.05) is 6.92 Å². The van der Waals surface area contributed by atoms with E-state index < -0.39 is 0 Å². The lowest BCUT2D eigenvalue weighted by atomic mass is 9.95. The van der Waals surface area contributed by atoms with Gasteiger partial charge in [0.05, 0.1) is 5.69 Å². The number of amides is 1. The molecule has 0 spiro atoms. The maximum atomic E-state index is 13.8. The first kappa shape index (κ1) is 14.0. The van der Waals surface area contributed by atoms with Gasteiger partial charge in [-0.25, -0.2) is 4.39 Å². The zero-order valence-electron chi connectivity index (χ0n) is 11.4. The minimum absolute atomic E-state index is 0.0151. The van der Waals surface area contributed by atoms with Crippen LogP contribution in [0.2, 0.25) is 0 Å². The van der Waals surface area contributed by atoms with Gasteiger partial charge in [0.25, 0.3) is 0 Å². The number of hydrogen-bond acceptors (Lipinski definition) is 2. The summed E-state index contributed by atoms with van der Waals surface area (Å²) in [6, 6.07) is 6.46. The second-order valence-electron chi connectivity index (χ2n) is 5.01. The Morgan fingerprint density at radius 3 is 2.89 bits per heavy atom. The zero-order valence-corrected chi connectivity index (χ0v) is 11.4. The van der Waals surface area contributed by atoms with Crippen LogP contribution in [0.15, 0.2) is 24.3 Å². The van der Waals surface area contributed by atoms with Gasteiger partial charge >= 0.3 is 0 Å². The van der Waals surface area contributed by atoms with E-state index in [2.05, 4.69) is 5.32 Å². The summed E-state index contributed by atoms with van der Waals surface area (Å²) in [7, 11) is 0. The van der Waals surface area contributed by atoms with E-state index in [1.165, 1.54) is 6.07 Å². The molecule has 1 aromatic rings. The van der Waals surface area contributed by atoms with E-state index in [-0.39, 0.29) is 11.7 Å². The highest BCUT2D eigenvalue weighted by Crippen LogP contribution is 2.22. The molecule has 104 valence electrons. The monoisotopic (exact) mass is 264 g/mol. The van der Waals surface area contributed by atoms with Crippen molar-refractivity contribution in [3.63, 3.8) is 0 Å². The van der Waals surface area contributed by atoms with E-state index in [4.69, 9.17) is 0 Å². The highest BCUT2D eigenvalue weighted by Gasteiger charge is 2.22. The van der Waals surface area contributed by atoms with Crippen LogP contribution in [0.5, 0.6) is 0 Å². The Labute approximate surface area is 113 Å². The normalized spacial score (nSPS) is 19.2. The van der Waals surface area contributed by atoms with Gasteiger partial charge in [-0.1, -0.05) is 12.1 Å². The number of anilines is 1. The third-order valence-corrected chi connectivity index (χ3v) is 3.62. The zero-order chi connectivity index (χ0) is 13.7. The van der Waals surface area contributed by atoms with Gasteiger partial charge in [-0.05, 0) is 50.9 Å². The molecule has 0 radical (unpaired) electrons. The third-order valence-electron chi connectivity index (χ3n) is 3.62. The number of carbonyl (C=O) groups is 1. The fraction of sp³-hybridized carbons (Fsp3) is 0.533. The van der Waals surface area contributed by atoms with E-state index in [0.29, 0.717) is 24.6 Å². The van der Waals surface area contributed by atoms with Crippen LogP contribution in [0.4, 0.5) is 10.1 Å². The Morgan fingerprint density at radius 2 is 2.26 bits per heavy atom. The lowest BCUT2D eigenvalue weighted by Gasteiger charge is -2.26. The molecular formula is C15H21FN2O. The maximum Gasteiger partial charge on any atom is 0.227 e. The maximum absolute atomic E-state index is 13.8. The SMILES string of the molecule is CCN(C(=O)CC1CCCNC1)c1ccccc1F. The second kappa shape index (κ2) is 6.66. The standard InChI is InChI=1S/C15H21FN2O/c1-2-18(14-8-4-3-7-13(14)16)15(19)10-12-6-5-9-17-11-12/h3-4,7-8,12,17H,2,5-6,9-11H2,1H3. The molecule has 19 heavy (non-hydrogen) atoms. The molecule has 1 saturated heterocycles. The molecule has 3 nitrogen and oxygen atoms in total. The molecule has 1 atom stereocenters. The molecule has 1 unspecified atom stereocenters. The molecule has 1 fully saturated rings. The summed E-state index contributed by atoms with van der Waals surface area (Å²) in [5.74, 6) is 0.0582. The molecular weight excluding hydrogens is 243 g/mol. The summed E-state index contributed by atoms with van der Waals surface area (Å²) in [4.78, 5) is 13.9. The predicted molar refractivity (Wildman–Crippen MR) is 74.6 cm³/mol. The van der Waals surface area contributed by atoms with Crippen molar-refractivity contribution in [3.8, 4) is 0 Å². The highest BCUT2D eigenvalue weighted by atomic mass is 19.1. The van der Waals surface area contributed by atoms with Gasteiger partial charge in [0.2, 0.25) is 5.91 Å². The number of benzene rings is 1. The Kier molecular flexibility index (Phi) is 4.91. The van der Waals surface area contributed by atoms with Crippen molar-refractivity contribution in [3.05, 3.63) is 30.1 Å². The van der Waals surface area contributed by atoms with Gasteiger partial charge in [-0.2, -0.15) is 0 Å². The van der Waals surface area contributed by atoms with Crippen molar-refractivity contribution in [2.24, 2.45) is 5.92 Å². The number of halogens is 1. The Bertz CT molecular complexity index is 430. The van der Waals surface area contributed by atoms with Gasteiger partial charge in [0.15, 0.2) is 0 Å². The van der Waals surface area contributed by atoms with Gasteiger partial charge in [-0.15, -0.1) is 0 Å². The average molecular weight is 264 g/mol. The van der Waals surface area contributed by atoms with E-state index >= 15 is 0 Å². The number of nitrogens with zero attached hydrogens (tertiary/aromatic N) is 1. The van der Waals surface area contributed by atoms with Crippen LogP contribution in [0, 0.1) is 11.7 Å². The summed E-state index contributed by atoms with van der Waals surface area (Å²) < 4.78 is 13.8. The van der Waals surface area contributed by atoms with Gasteiger partial charge < -0.3 is 10.2 Å². The van der Waals surface area contributed by atoms with Crippen LogP contribution in [-0.4, -0.2) is 25.5 Å². The predicted octanol–water partition coefficient (Wildman–Crippen LogP) is 2.57. The second-order valence-corrected chi connectivity index (χ2v) is 5.01. The largest absolute Gasteiger partial charge is 0.316 e. The number of rotatable bonds is 4. The minimum Gasteiger partial charge on any atom is -0.316 e. The molecule has 1 heterocycles. The quantitative estimate of drug-likeness (QED) is 0.906. The smallest absolute Gasteiger partial charge is 0.227 e. The summed E-state index contributed by atoms with van der Waals surface area (Å²) >= 11 is 0. The Hall–Kier alpha value is -1.42. The highest BCUT2D eigenvalue weighted by molar-refractivity contribution is 5.93. The van der Waals surface area contributed by atoms with E-state index in [1.54, 1.807) is 23.1 Å². The third kappa shape index (κ3) is 3.53. The molecule has 4 heteroatoms. The number of hydrogen-bond donors (Lipinski definition) is 1. The molecule has 1 amide bonds. The van der Waals surface area contributed by atoms with Crippen LogP contribution in [0.1, 0.15) is 26.2 Å². The van der Waals surface area contributed by atoms with Crippen molar-refractivity contribution < 1.29 is 9.18 Å². The lowest BCUT2D eigenvalue weighted by Crippen LogP contribution is -2.37.